The van der Waals surface area contributed by atoms with E-state index in [1.165, 1.54) is 0 Å². The lowest BCUT2D eigenvalue weighted by Gasteiger charge is -2.30. The van der Waals surface area contributed by atoms with Crippen LogP contribution in [0.25, 0.3) is 11.1 Å². The van der Waals surface area contributed by atoms with Crippen molar-refractivity contribution < 1.29 is 13.9 Å². The molecule has 0 saturated carbocycles. The SMILES string of the molecule is O=C(COc1ccc(I)cc1)N1CCC(c2nc3cc(Cl)ccc3o2)CC1. The minimum Gasteiger partial charge on any atom is -0.484 e. The van der Waals surface area contributed by atoms with Gasteiger partial charge < -0.3 is 14.1 Å². The van der Waals surface area contributed by atoms with Gasteiger partial charge in [0.1, 0.15) is 11.3 Å². The molecule has 0 spiro atoms. The molecule has 140 valence electrons. The molecule has 0 atom stereocenters. The van der Waals surface area contributed by atoms with Gasteiger partial charge in [0.2, 0.25) is 0 Å². The standard InChI is InChI=1S/C20H18ClIN2O3/c21-14-1-6-18-17(11-14)23-20(27-18)13-7-9-24(10-8-13)19(25)12-26-16-4-2-15(22)3-5-16/h1-6,11,13H,7-10,12H2. The molecule has 27 heavy (non-hydrogen) atoms. The molecule has 1 aliphatic heterocycles. The summed E-state index contributed by atoms with van der Waals surface area (Å²) >= 11 is 8.25. The molecule has 2 aromatic carbocycles. The number of oxazole rings is 1. The monoisotopic (exact) mass is 496 g/mol. The van der Waals surface area contributed by atoms with Crippen molar-refractivity contribution >= 4 is 51.2 Å². The Kier molecular flexibility index (Phi) is 5.54. The minimum absolute atomic E-state index is 0.0105. The molecule has 1 aromatic heterocycles. The molecule has 1 aliphatic rings. The first kappa shape index (κ1) is 18.6. The van der Waals surface area contributed by atoms with E-state index in [4.69, 9.17) is 20.8 Å². The Morgan fingerprint density at radius 1 is 1.22 bits per heavy atom. The molecule has 2 heterocycles. The van der Waals surface area contributed by atoms with Crippen LogP contribution in [0.1, 0.15) is 24.7 Å². The fraction of sp³-hybridized carbons (Fsp3) is 0.300. The van der Waals surface area contributed by atoms with E-state index in [0.717, 1.165) is 33.4 Å². The quantitative estimate of drug-likeness (QED) is 0.484. The largest absolute Gasteiger partial charge is 0.484 e. The van der Waals surface area contributed by atoms with Gasteiger partial charge in [-0.1, -0.05) is 11.6 Å². The highest BCUT2D eigenvalue weighted by Gasteiger charge is 2.27. The van der Waals surface area contributed by atoms with Crippen LogP contribution in [0, 0.1) is 3.57 Å². The summed E-state index contributed by atoms with van der Waals surface area (Å²) in [5, 5.41) is 0.649. The van der Waals surface area contributed by atoms with Crippen LogP contribution in [0.2, 0.25) is 5.02 Å². The van der Waals surface area contributed by atoms with Gasteiger partial charge in [-0.15, -0.1) is 0 Å². The molecule has 1 amide bonds. The van der Waals surface area contributed by atoms with Gasteiger partial charge in [0.25, 0.3) is 5.91 Å². The first-order valence-electron chi connectivity index (χ1n) is 8.80. The lowest BCUT2D eigenvalue weighted by atomic mass is 9.97. The summed E-state index contributed by atoms with van der Waals surface area (Å²) in [5.41, 5.74) is 1.53. The van der Waals surface area contributed by atoms with Crippen molar-refractivity contribution in [2.75, 3.05) is 19.7 Å². The maximum atomic E-state index is 12.4. The van der Waals surface area contributed by atoms with Crippen molar-refractivity contribution in [3.05, 3.63) is 56.9 Å². The lowest BCUT2D eigenvalue weighted by molar-refractivity contribution is -0.134. The molecule has 0 bridgehead atoms. The summed E-state index contributed by atoms with van der Waals surface area (Å²) in [5.74, 6) is 1.67. The smallest absolute Gasteiger partial charge is 0.260 e. The molecule has 1 fully saturated rings. The van der Waals surface area contributed by atoms with E-state index in [0.29, 0.717) is 23.9 Å². The van der Waals surface area contributed by atoms with Crippen LogP contribution in [-0.4, -0.2) is 35.5 Å². The molecular formula is C20H18ClIN2O3. The van der Waals surface area contributed by atoms with Crippen LogP contribution in [0.3, 0.4) is 0 Å². The number of nitrogens with zero attached hydrogens (tertiary/aromatic N) is 2. The number of likely N-dealkylation sites (tertiary alicyclic amines) is 1. The molecule has 0 aliphatic carbocycles. The molecule has 7 heteroatoms. The van der Waals surface area contributed by atoms with Gasteiger partial charge in [-0.25, -0.2) is 4.98 Å². The van der Waals surface area contributed by atoms with Gasteiger partial charge in [0.05, 0.1) is 0 Å². The number of benzene rings is 2. The normalized spacial score (nSPS) is 15.3. The van der Waals surface area contributed by atoms with Crippen molar-refractivity contribution in [2.24, 2.45) is 0 Å². The third-order valence-corrected chi connectivity index (χ3v) is 5.69. The third-order valence-electron chi connectivity index (χ3n) is 4.74. The van der Waals surface area contributed by atoms with E-state index >= 15 is 0 Å². The van der Waals surface area contributed by atoms with Crippen molar-refractivity contribution in [3.8, 4) is 5.75 Å². The summed E-state index contributed by atoms with van der Waals surface area (Å²) < 4.78 is 12.6. The van der Waals surface area contributed by atoms with E-state index in [1.807, 2.05) is 41.3 Å². The van der Waals surface area contributed by atoms with E-state index in [1.54, 1.807) is 6.07 Å². The van der Waals surface area contributed by atoms with Gasteiger partial charge in [0, 0.05) is 27.6 Å². The van der Waals surface area contributed by atoms with Crippen LogP contribution >= 0.6 is 34.2 Å². The molecule has 1 saturated heterocycles. The Morgan fingerprint density at radius 2 is 1.96 bits per heavy atom. The Morgan fingerprint density at radius 3 is 2.70 bits per heavy atom. The predicted molar refractivity (Wildman–Crippen MR) is 112 cm³/mol. The maximum absolute atomic E-state index is 12.4. The van der Waals surface area contributed by atoms with Crippen molar-refractivity contribution in [3.63, 3.8) is 0 Å². The Labute approximate surface area is 175 Å². The lowest BCUT2D eigenvalue weighted by Crippen LogP contribution is -2.40. The van der Waals surface area contributed by atoms with Crippen molar-refractivity contribution in [1.82, 2.24) is 9.88 Å². The Hall–Kier alpha value is -1.80. The molecule has 3 aromatic rings. The van der Waals surface area contributed by atoms with Gasteiger partial charge in [-0.2, -0.15) is 0 Å². The zero-order valence-electron chi connectivity index (χ0n) is 14.5. The predicted octanol–water partition coefficient (Wildman–Crippen LogP) is 4.87. The summed E-state index contributed by atoms with van der Waals surface area (Å²) in [6.45, 7) is 1.42. The fourth-order valence-corrected chi connectivity index (χ4v) is 3.76. The summed E-state index contributed by atoms with van der Waals surface area (Å²) in [6, 6.07) is 13.1. The first-order valence-corrected chi connectivity index (χ1v) is 10.3. The second kappa shape index (κ2) is 8.06. The van der Waals surface area contributed by atoms with Crippen LogP contribution in [0.15, 0.2) is 46.9 Å². The third kappa shape index (κ3) is 4.38. The highest BCUT2D eigenvalue weighted by atomic mass is 127. The van der Waals surface area contributed by atoms with E-state index < -0.39 is 0 Å². The second-order valence-corrected chi connectivity index (χ2v) is 8.24. The average Bonchev–Trinajstić information content (AvgIpc) is 3.10. The van der Waals surface area contributed by atoms with E-state index in [2.05, 4.69) is 27.6 Å². The van der Waals surface area contributed by atoms with Crippen LogP contribution in [0.4, 0.5) is 0 Å². The zero-order chi connectivity index (χ0) is 18.8. The second-order valence-electron chi connectivity index (χ2n) is 6.56. The number of piperidine rings is 1. The average molecular weight is 497 g/mol. The molecule has 0 unspecified atom stereocenters. The number of carbonyl (C=O) groups is 1. The highest BCUT2D eigenvalue weighted by molar-refractivity contribution is 14.1. The maximum Gasteiger partial charge on any atom is 0.260 e. The number of carbonyl (C=O) groups excluding carboxylic acids is 1. The number of amides is 1. The van der Waals surface area contributed by atoms with Crippen LogP contribution in [-0.2, 0) is 4.79 Å². The van der Waals surface area contributed by atoms with Gasteiger partial charge in [0.15, 0.2) is 18.1 Å². The fourth-order valence-electron chi connectivity index (χ4n) is 3.24. The number of hydrogen-bond donors (Lipinski definition) is 0. The highest BCUT2D eigenvalue weighted by Crippen LogP contribution is 2.30. The number of ether oxygens (including phenoxy) is 1. The van der Waals surface area contributed by atoms with Gasteiger partial charge in [-0.05, 0) is 77.9 Å². The van der Waals surface area contributed by atoms with E-state index in [-0.39, 0.29) is 18.4 Å². The number of halogens is 2. The van der Waals surface area contributed by atoms with Crippen LogP contribution in [0.5, 0.6) is 5.75 Å². The van der Waals surface area contributed by atoms with Crippen LogP contribution < -0.4 is 4.74 Å². The number of aromatic nitrogens is 1. The molecule has 4 rings (SSSR count). The topological polar surface area (TPSA) is 55.6 Å². The van der Waals surface area contributed by atoms with Crippen molar-refractivity contribution in [2.45, 2.75) is 18.8 Å². The summed E-state index contributed by atoms with van der Waals surface area (Å²) in [7, 11) is 0. The number of rotatable bonds is 4. The molecular weight excluding hydrogens is 479 g/mol. The van der Waals surface area contributed by atoms with Gasteiger partial charge in [-0.3, -0.25) is 4.79 Å². The minimum atomic E-state index is 0.0105. The summed E-state index contributed by atoms with van der Waals surface area (Å²) in [4.78, 5) is 18.8. The Balaban J connectivity index is 1.32. The number of hydrogen-bond acceptors (Lipinski definition) is 4. The molecule has 0 radical (unpaired) electrons. The van der Waals surface area contributed by atoms with E-state index in [9.17, 15) is 4.79 Å². The summed E-state index contributed by atoms with van der Waals surface area (Å²) in [6.07, 6.45) is 1.66. The molecule has 5 nitrogen and oxygen atoms in total. The zero-order valence-corrected chi connectivity index (χ0v) is 17.4. The molecule has 0 N–H and O–H groups in total. The van der Waals surface area contributed by atoms with Crippen molar-refractivity contribution in [1.29, 1.82) is 0 Å². The Bertz CT molecular complexity index is 950. The first-order chi connectivity index (χ1) is 13.1. The number of fused-ring (bicyclic) bond motifs is 1. The van der Waals surface area contributed by atoms with Gasteiger partial charge >= 0.3 is 0 Å².